The highest BCUT2D eigenvalue weighted by Gasteiger charge is 2.12. The Balaban J connectivity index is 1.99. The molecule has 0 spiro atoms. The molecule has 3 aromatic rings. The van der Waals surface area contributed by atoms with Crippen molar-refractivity contribution in [2.24, 2.45) is 0 Å². The van der Waals surface area contributed by atoms with Gasteiger partial charge < -0.3 is 4.90 Å². The number of nitrogens with zero attached hydrogens (tertiary/aromatic N) is 3. The highest BCUT2D eigenvalue weighted by atomic mass is 32.1. The lowest BCUT2D eigenvalue weighted by Gasteiger charge is -2.19. The summed E-state index contributed by atoms with van der Waals surface area (Å²) in [5.41, 5.74) is 2.48. The molecule has 0 saturated heterocycles. The summed E-state index contributed by atoms with van der Waals surface area (Å²) in [6.07, 6.45) is 0.859. The Morgan fingerprint density at radius 1 is 1.29 bits per heavy atom. The Kier molecular flexibility index (Phi) is 3.66. The molecule has 0 radical (unpaired) electrons. The molecule has 21 heavy (non-hydrogen) atoms. The summed E-state index contributed by atoms with van der Waals surface area (Å²) in [6, 6.07) is 9.69. The number of carbonyl (C=O) groups excluding carboxylic acids is 1. The molecule has 3 rings (SSSR count). The van der Waals surface area contributed by atoms with Crippen molar-refractivity contribution in [1.29, 1.82) is 0 Å². The van der Waals surface area contributed by atoms with E-state index >= 15 is 0 Å². The minimum Gasteiger partial charge on any atom is -0.353 e. The minimum atomic E-state index is 0.600. The Bertz CT molecular complexity index is 797. The summed E-state index contributed by atoms with van der Waals surface area (Å²) in [4.78, 5) is 22.4. The molecule has 0 N–H and O–H groups in total. The third-order valence-electron chi connectivity index (χ3n) is 3.29. The molecule has 5 heteroatoms. The first-order valence-corrected chi connectivity index (χ1v) is 7.52. The fourth-order valence-electron chi connectivity index (χ4n) is 2.31. The smallest absolute Gasteiger partial charge is 0.153 e. The van der Waals surface area contributed by atoms with Crippen molar-refractivity contribution < 1.29 is 4.79 Å². The molecule has 0 atom stereocenters. The number of rotatable bonds is 4. The van der Waals surface area contributed by atoms with Gasteiger partial charge in [0.25, 0.3) is 0 Å². The zero-order valence-electron chi connectivity index (χ0n) is 11.9. The van der Waals surface area contributed by atoms with Crippen LogP contribution in [0.1, 0.15) is 21.1 Å². The van der Waals surface area contributed by atoms with Gasteiger partial charge >= 0.3 is 0 Å². The topological polar surface area (TPSA) is 46.1 Å². The van der Waals surface area contributed by atoms with Crippen LogP contribution in [-0.4, -0.2) is 23.3 Å². The maximum atomic E-state index is 11.4. The number of carbonyl (C=O) groups is 1. The maximum absolute atomic E-state index is 11.4. The van der Waals surface area contributed by atoms with Gasteiger partial charge in [-0.2, -0.15) is 0 Å². The summed E-state index contributed by atoms with van der Waals surface area (Å²) in [5, 5.41) is 4.05. The summed E-state index contributed by atoms with van der Waals surface area (Å²) in [5.74, 6) is 0.689. The summed E-state index contributed by atoms with van der Waals surface area (Å²) in [7, 11) is 1.93. The number of hydrogen-bond donors (Lipinski definition) is 0. The fraction of sp³-hybridized carbons (Fsp3) is 0.188. The summed E-state index contributed by atoms with van der Waals surface area (Å²) >= 11 is 1.63. The van der Waals surface area contributed by atoms with Crippen molar-refractivity contribution >= 4 is 34.3 Å². The lowest BCUT2D eigenvalue weighted by Crippen LogP contribution is -2.19. The fourth-order valence-corrected chi connectivity index (χ4v) is 2.92. The number of aryl methyl sites for hydroxylation is 1. The molecule has 0 unspecified atom stereocenters. The van der Waals surface area contributed by atoms with Crippen LogP contribution in [0.25, 0.3) is 10.9 Å². The Morgan fingerprint density at radius 3 is 2.81 bits per heavy atom. The van der Waals surface area contributed by atoms with Crippen molar-refractivity contribution in [3.63, 3.8) is 0 Å². The molecule has 0 saturated carbocycles. The zero-order chi connectivity index (χ0) is 14.8. The molecule has 106 valence electrons. The second kappa shape index (κ2) is 5.61. The van der Waals surface area contributed by atoms with Crippen LogP contribution >= 0.6 is 11.3 Å². The number of aldehydes is 1. The molecule has 0 aliphatic rings. The van der Waals surface area contributed by atoms with E-state index in [0.29, 0.717) is 17.9 Å². The predicted octanol–water partition coefficient (Wildman–Crippen LogP) is 3.45. The number of pyridine rings is 1. The van der Waals surface area contributed by atoms with Crippen molar-refractivity contribution in [3.8, 4) is 0 Å². The Labute approximate surface area is 127 Å². The zero-order valence-corrected chi connectivity index (χ0v) is 12.7. The van der Waals surface area contributed by atoms with Crippen LogP contribution in [0.4, 0.5) is 5.82 Å². The number of fused-ring (bicyclic) bond motifs is 1. The van der Waals surface area contributed by atoms with Gasteiger partial charge in [-0.3, -0.25) is 4.79 Å². The average Bonchev–Trinajstić information content (AvgIpc) is 2.90. The van der Waals surface area contributed by atoms with Crippen molar-refractivity contribution in [2.45, 2.75) is 13.5 Å². The van der Waals surface area contributed by atoms with Crippen LogP contribution in [0.3, 0.4) is 0 Å². The molecule has 2 aromatic heterocycles. The highest BCUT2D eigenvalue weighted by molar-refractivity contribution is 7.09. The molecule has 0 amide bonds. The maximum Gasteiger partial charge on any atom is 0.153 e. The van der Waals surface area contributed by atoms with E-state index in [9.17, 15) is 4.79 Å². The molecular formula is C16H15N3OS. The second-order valence-corrected chi connectivity index (χ2v) is 5.99. The van der Waals surface area contributed by atoms with E-state index in [4.69, 9.17) is 0 Å². The van der Waals surface area contributed by atoms with Gasteiger partial charge in [0, 0.05) is 17.8 Å². The first kappa shape index (κ1) is 13.7. The van der Waals surface area contributed by atoms with E-state index in [1.165, 1.54) is 0 Å². The third-order valence-corrected chi connectivity index (χ3v) is 4.11. The quantitative estimate of drug-likeness (QED) is 0.692. The van der Waals surface area contributed by atoms with Gasteiger partial charge in [0.1, 0.15) is 5.82 Å². The average molecular weight is 297 g/mol. The van der Waals surface area contributed by atoms with E-state index in [0.717, 1.165) is 27.9 Å². The number of aromatic nitrogens is 2. The molecule has 2 heterocycles. The molecule has 4 nitrogen and oxygen atoms in total. The Hall–Kier alpha value is -2.27. The SMILES string of the molecule is Cc1nc(CN(C)c2nc3ccccc3cc2C=O)cs1. The predicted molar refractivity (Wildman–Crippen MR) is 86.1 cm³/mol. The lowest BCUT2D eigenvalue weighted by molar-refractivity contribution is 0.112. The number of para-hydroxylation sites is 1. The van der Waals surface area contributed by atoms with Crippen molar-refractivity contribution in [2.75, 3.05) is 11.9 Å². The van der Waals surface area contributed by atoms with Gasteiger partial charge in [0.15, 0.2) is 6.29 Å². The van der Waals surface area contributed by atoms with Crippen LogP contribution in [0, 0.1) is 6.92 Å². The van der Waals surface area contributed by atoms with Crippen molar-refractivity contribution in [3.05, 3.63) is 52.0 Å². The Morgan fingerprint density at radius 2 is 2.10 bits per heavy atom. The first-order valence-electron chi connectivity index (χ1n) is 6.64. The standard InChI is InChI=1S/C16H15N3OS/c1-11-17-14(10-21-11)8-19(2)16-13(9-20)7-12-5-3-4-6-15(12)18-16/h3-7,9-10H,8H2,1-2H3. The first-order chi connectivity index (χ1) is 10.2. The molecular weight excluding hydrogens is 282 g/mol. The van der Waals surface area contributed by atoms with Gasteiger partial charge in [0.05, 0.1) is 28.3 Å². The molecule has 0 bridgehead atoms. The summed E-state index contributed by atoms with van der Waals surface area (Å²) in [6.45, 7) is 2.62. The highest BCUT2D eigenvalue weighted by Crippen LogP contribution is 2.23. The largest absolute Gasteiger partial charge is 0.353 e. The van der Waals surface area contributed by atoms with Gasteiger partial charge in [0.2, 0.25) is 0 Å². The van der Waals surface area contributed by atoms with Crippen LogP contribution in [0.2, 0.25) is 0 Å². The summed E-state index contributed by atoms with van der Waals surface area (Å²) < 4.78 is 0. The third kappa shape index (κ3) is 2.78. The van der Waals surface area contributed by atoms with Gasteiger partial charge in [-0.1, -0.05) is 18.2 Å². The van der Waals surface area contributed by atoms with Gasteiger partial charge in [-0.15, -0.1) is 11.3 Å². The van der Waals surface area contributed by atoms with Gasteiger partial charge in [-0.05, 0) is 19.1 Å². The van der Waals surface area contributed by atoms with E-state index < -0.39 is 0 Å². The molecule has 0 aliphatic carbocycles. The number of anilines is 1. The van der Waals surface area contributed by atoms with Crippen LogP contribution in [0.15, 0.2) is 35.7 Å². The van der Waals surface area contributed by atoms with Crippen LogP contribution < -0.4 is 4.90 Å². The monoisotopic (exact) mass is 297 g/mol. The normalized spacial score (nSPS) is 10.8. The van der Waals surface area contributed by atoms with Crippen LogP contribution in [-0.2, 0) is 6.54 Å². The van der Waals surface area contributed by atoms with Crippen molar-refractivity contribution in [1.82, 2.24) is 9.97 Å². The molecule has 0 fully saturated rings. The molecule has 1 aromatic carbocycles. The number of thiazole rings is 1. The number of hydrogen-bond acceptors (Lipinski definition) is 5. The van der Waals surface area contributed by atoms with E-state index in [2.05, 4.69) is 9.97 Å². The van der Waals surface area contributed by atoms with E-state index in [-0.39, 0.29) is 0 Å². The van der Waals surface area contributed by atoms with E-state index in [1.54, 1.807) is 11.3 Å². The molecule has 0 aliphatic heterocycles. The number of benzene rings is 1. The lowest BCUT2D eigenvalue weighted by atomic mass is 10.1. The minimum absolute atomic E-state index is 0.600. The van der Waals surface area contributed by atoms with Gasteiger partial charge in [-0.25, -0.2) is 9.97 Å². The van der Waals surface area contributed by atoms with E-state index in [1.807, 2.05) is 54.6 Å². The van der Waals surface area contributed by atoms with Crippen LogP contribution in [0.5, 0.6) is 0 Å². The second-order valence-electron chi connectivity index (χ2n) is 4.93.